The molecule has 0 heterocycles. The summed E-state index contributed by atoms with van der Waals surface area (Å²) >= 11 is 0. The molecular formula is C32H27F. The molecule has 0 amide bonds. The van der Waals surface area contributed by atoms with Crippen LogP contribution >= 0.6 is 0 Å². The molecule has 0 saturated heterocycles. The molecule has 2 unspecified atom stereocenters. The van der Waals surface area contributed by atoms with Gasteiger partial charge in [0.1, 0.15) is 5.82 Å². The van der Waals surface area contributed by atoms with E-state index in [2.05, 4.69) is 80.6 Å². The van der Waals surface area contributed by atoms with Gasteiger partial charge in [-0.15, -0.1) is 0 Å². The molecule has 2 aliphatic rings. The van der Waals surface area contributed by atoms with E-state index in [4.69, 9.17) is 0 Å². The summed E-state index contributed by atoms with van der Waals surface area (Å²) in [4.78, 5) is 0. The van der Waals surface area contributed by atoms with Crippen LogP contribution in [0.2, 0.25) is 0 Å². The second-order valence-electron chi connectivity index (χ2n) is 9.53. The Labute approximate surface area is 194 Å². The van der Waals surface area contributed by atoms with Crippen LogP contribution in [0.25, 0.3) is 11.6 Å². The molecule has 0 N–H and O–H groups in total. The summed E-state index contributed by atoms with van der Waals surface area (Å²) in [6.07, 6.45) is 4.40. The van der Waals surface area contributed by atoms with E-state index in [0.29, 0.717) is 5.92 Å². The van der Waals surface area contributed by atoms with Gasteiger partial charge in [0.15, 0.2) is 0 Å². The van der Waals surface area contributed by atoms with Crippen molar-refractivity contribution in [2.75, 3.05) is 0 Å². The Kier molecular flexibility index (Phi) is 4.80. The van der Waals surface area contributed by atoms with E-state index < -0.39 is 0 Å². The fraction of sp³-hybridized carbons (Fsp3) is 0.188. The van der Waals surface area contributed by atoms with Crippen molar-refractivity contribution in [2.45, 2.75) is 32.6 Å². The Balaban J connectivity index is 1.75. The quantitative estimate of drug-likeness (QED) is 0.359. The second kappa shape index (κ2) is 7.85. The third-order valence-corrected chi connectivity index (χ3v) is 7.48. The molecule has 0 fully saturated rings. The van der Waals surface area contributed by atoms with Gasteiger partial charge in [-0.05, 0) is 80.5 Å². The summed E-state index contributed by atoms with van der Waals surface area (Å²) in [6.45, 7) is 4.47. The zero-order valence-corrected chi connectivity index (χ0v) is 19.1. The van der Waals surface area contributed by atoms with Crippen LogP contribution in [0.5, 0.6) is 0 Å². The molecule has 1 heteroatoms. The molecule has 0 nitrogen and oxygen atoms in total. The zero-order chi connectivity index (χ0) is 22.5. The molecule has 33 heavy (non-hydrogen) atoms. The maximum Gasteiger partial charge on any atom is 0.127 e. The summed E-state index contributed by atoms with van der Waals surface area (Å²) in [5, 5.41) is 5.02. The first kappa shape index (κ1) is 20.2. The summed E-state index contributed by atoms with van der Waals surface area (Å²) < 4.78 is 15.1. The number of hydrogen-bond donors (Lipinski definition) is 0. The highest BCUT2D eigenvalue weighted by atomic mass is 19.1. The van der Waals surface area contributed by atoms with Crippen molar-refractivity contribution in [1.29, 1.82) is 0 Å². The second-order valence-corrected chi connectivity index (χ2v) is 9.53. The molecule has 0 radical (unpaired) electrons. The highest BCUT2D eigenvalue weighted by molar-refractivity contribution is 5.70. The minimum atomic E-state index is -0.131. The predicted molar refractivity (Wildman–Crippen MR) is 134 cm³/mol. The van der Waals surface area contributed by atoms with E-state index in [1.165, 1.54) is 48.7 Å². The number of benzene rings is 4. The van der Waals surface area contributed by atoms with Crippen LogP contribution in [-0.4, -0.2) is 0 Å². The Morgan fingerprint density at radius 3 is 2.30 bits per heavy atom. The van der Waals surface area contributed by atoms with E-state index >= 15 is 4.39 Å². The van der Waals surface area contributed by atoms with Crippen LogP contribution in [0, 0.1) is 29.1 Å². The SMILES string of the molecule is Cc1ccc(C2=c3ccc4c(c3CCC2C)C(c2ccccc2F)C=c2ccccc2=4)cc1. The van der Waals surface area contributed by atoms with E-state index in [-0.39, 0.29) is 11.7 Å². The molecule has 162 valence electrons. The number of aryl methyl sites for hydroxylation is 1. The van der Waals surface area contributed by atoms with Crippen LogP contribution < -0.4 is 10.4 Å². The van der Waals surface area contributed by atoms with E-state index in [0.717, 1.165) is 18.4 Å². The molecule has 0 aromatic heterocycles. The first-order valence-corrected chi connectivity index (χ1v) is 11.9. The van der Waals surface area contributed by atoms with Crippen LogP contribution in [0.3, 0.4) is 0 Å². The molecule has 0 spiro atoms. The van der Waals surface area contributed by atoms with Gasteiger partial charge in [-0.3, -0.25) is 0 Å². The third-order valence-electron chi connectivity index (χ3n) is 7.48. The van der Waals surface area contributed by atoms with Crippen molar-refractivity contribution in [1.82, 2.24) is 0 Å². The average Bonchev–Trinajstić information content (AvgIpc) is 2.84. The van der Waals surface area contributed by atoms with Crippen molar-refractivity contribution in [3.8, 4) is 0 Å². The standard InChI is InChI=1S/C32H27F/c1-20-11-14-22(15-12-20)31-21(2)13-16-28-27(31)18-17-26-24-8-4-3-7-23(24)19-29(32(26)28)25-9-5-6-10-30(25)33/h3-12,14-15,17-19,21,29H,13,16H2,1-2H3. The van der Waals surface area contributed by atoms with Crippen LogP contribution in [0.4, 0.5) is 4.39 Å². The number of rotatable bonds is 2. The zero-order valence-electron chi connectivity index (χ0n) is 19.1. The van der Waals surface area contributed by atoms with Gasteiger partial charge >= 0.3 is 0 Å². The maximum atomic E-state index is 15.1. The Morgan fingerprint density at radius 1 is 0.758 bits per heavy atom. The number of halogens is 1. The lowest BCUT2D eigenvalue weighted by atomic mass is 9.75. The summed E-state index contributed by atoms with van der Waals surface area (Å²) in [6, 6.07) is 29.3. The molecule has 0 saturated carbocycles. The monoisotopic (exact) mass is 430 g/mol. The molecule has 4 aromatic carbocycles. The lowest BCUT2D eigenvalue weighted by Crippen LogP contribution is -2.28. The van der Waals surface area contributed by atoms with Crippen molar-refractivity contribution in [3.05, 3.63) is 139 Å². The summed E-state index contributed by atoms with van der Waals surface area (Å²) in [5.41, 5.74) is 7.44. The Morgan fingerprint density at radius 2 is 1.48 bits per heavy atom. The third kappa shape index (κ3) is 3.26. The molecule has 0 bridgehead atoms. The normalized spacial score (nSPS) is 18.7. The van der Waals surface area contributed by atoms with Crippen molar-refractivity contribution >= 4 is 11.6 Å². The number of fused-ring (bicyclic) bond motifs is 4. The molecule has 4 aromatic rings. The highest BCUT2D eigenvalue weighted by Crippen LogP contribution is 2.36. The Hall–Kier alpha value is -3.45. The first-order valence-electron chi connectivity index (χ1n) is 11.9. The first-order chi connectivity index (χ1) is 16.1. The number of hydrogen-bond acceptors (Lipinski definition) is 0. The van der Waals surface area contributed by atoms with Gasteiger partial charge < -0.3 is 0 Å². The van der Waals surface area contributed by atoms with Crippen LogP contribution in [0.15, 0.2) is 84.9 Å². The van der Waals surface area contributed by atoms with E-state index in [1.54, 1.807) is 12.1 Å². The summed E-state index contributed by atoms with van der Waals surface area (Å²) in [7, 11) is 0. The fourth-order valence-electron chi connectivity index (χ4n) is 5.84. The smallest absolute Gasteiger partial charge is 0.127 e. The molecule has 2 aliphatic carbocycles. The van der Waals surface area contributed by atoms with Crippen LogP contribution in [0.1, 0.15) is 47.1 Å². The lowest BCUT2D eigenvalue weighted by molar-refractivity contribution is 0.607. The molecule has 2 atom stereocenters. The van der Waals surface area contributed by atoms with Gasteiger partial charge in [0.05, 0.1) is 0 Å². The van der Waals surface area contributed by atoms with E-state index in [1.807, 2.05) is 12.1 Å². The van der Waals surface area contributed by atoms with Gasteiger partial charge in [-0.2, -0.15) is 0 Å². The molecule has 6 rings (SSSR count). The topological polar surface area (TPSA) is 0 Å². The van der Waals surface area contributed by atoms with Crippen molar-refractivity contribution in [3.63, 3.8) is 0 Å². The Bertz CT molecular complexity index is 1590. The maximum absolute atomic E-state index is 15.1. The van der Waals surface area contributed by atoms with Crippen molar-refractivity contribution in [2.24, 2.45) is 5.92 Å². The van der Waals surface area contributed by atoms with Crippen LogP contribution in [-0.2, 0) is 6.42 Å². The minimum absolute atomic E-state index is 0.0845. The predicted octanol–water partition coefficient (Wildman–Crippen LogP) is 6.13. The van der Waals surface area contributed by atoms with Gasteiger partial charge in [0.2, 0.25) is 0 Å². The molecular weight excluding hydrogens is 403 g/mol. The average molecular weight is 431 g/mol. The largest absolute Gasteiger partial charge is 0.207 e. The fourth-order valence-corrected chi connectivity index (χ4v) is 5.84. The van der Waals surface area contributed by atoms with Crippen molar-refractivity contribution < 1.29 is 4.39 Å². The van der Waals surface area contributed by atoms with Gasteiger partial charge in [-0.1, -0.05) is 97.4 Å². The minimum Gasteiger partial charge on any atom is -0.207 e. The van der Waals surface area contributed by atoms with Gasteiger partial charge in [0.25, 0.3) is 0 Å². The summed E-state index contributed by atoms with van der Waals surface area (Å²) in [5.74, 6) is 0.275. The molecule has 0 aliphatic heterocycles. The van der Waals surface area contributed by atoms with E-state index in [9.17, 15) is 0 Å². The highest BCUT2D eigenvalue weighted by Gasteiger charge is 2.27. The van der Waals surface area contributed by atoms with Gasteiger partial charge in [-0.25, -0.2) is 4.39 Å². The van der Waals surface area contributed by atoms with Gasteiger partial charge in [0, 0.05) is 5.92 Å². The lowest BCUT2D eigenvalue weighted by Gasteiger charge is -2.29.